The molecule has 0 saturated carbocycles. The molecular weight excluding hydrogens is 531 g/mol. The van der Waals surface area contributed by atoms with Gasteiger partial charge in [-0.05, 0) is 0 Å². The van der Waals surface area contributed by atoms with Crippen LogP contribution in [0.2, 0.25) is 0 Å². The van der Waals surface area contributed by atoms with Gasteiger partial charge in [0.15, 0.2) is 0 Å². The Morgan fingerprint density at radius 3 is 2.51 bits per heavy atom. The molecule has 0 spiro atoms. The number of nitrogens with one attached hydrogen (secondary N) is 2. The normalized spacial score (nSPS) is 12.5. The van der Waals surface area contributed by atoms with Gasteiger partial charge in [0.05, 0.1) is 0 Å². The maximum absolute atomic E-state index is 13.2. The van der Waals surface area contributed by atoms with E-state index < -0.39 is 43.2 Å². The predicted molar refractivity (Wildman–Crippen MR) is 132 cm³/mol. The fourth-order valence-electron chi connectivity index (χ4n) is 3.44. The van der Waals surface area contributed by atoms with Gasteiger partial charge in [-0.15, -0.1) is 0 Å². The molecule has 2 aromatic heterocycles. The SMILES string of the molecule is O=C(O)CC(c1cccnc1)S(=O)(=O)c1ccc([AsH]C(=O)c2cccc(Nc3ncc[nH]3)c2)cc1. The second kappa shape index (κ2) is 10.7. The van der Waals surface area contributed by atoms with Crippen LogP contribution >= 0.6 is 0 Å². The zero-order valence-electron chi connectivity index (χ0n) is 18.3. The molecule has 4 aromatic rings. The number of carbonyl (C=O) groups is 2. The minimum absolute atomic E-state index is 0.0000437. The van der Waals surface area contributed by atoms with Gasteiger partial charge < -0.3 is 0 Å². The number of aromatic nitrogens is 3. The first kappa shape index (κ1) is 24.4. The molecule has 0 amide bonds. The Balaban J connectivity index is 1.50. The van der Waals surface area contributed by atoms with Crippen molar-refractivity contribution in [3.63, 3.8) is 0 Å². The standard InChI is InChI=1S/C24H21AsN4O5S/c30-22(31)14-21(17-4-2-10-26-15-17)35(33,34)20-8-6-18(7-9-20)25-23(32)16-3-1-5-19(13-16)29-24-27-11-12-28-24/h1-13,15,21,25H,14H2,(H,30,31)(H2,27,28,29). The number of carboxylic acids is 1. The van der Waals surface area contributed by atoms with Crippen LogP contribution in [-0.2, 0) is 14.6 Å². The summed E-state index contributed by atoms with van der Waals surface area (Å²) in [5.74, 6) is -0.657. The van der Waals surface area contributed by atoms with Crippen LogP contribution in [0.4, 0.5) is 11.6 Å². The van der Waals surface area contributed by atoms with Gasteiger partial charge in [-0.1, -0.05) is 0 Å². The van der Waals surface area contributed by atoms with E-state index in [4.69, 9.17) is 0 Å². The molecule has 2 atom stereocenters. The van der Waals surface area contributed by atoms with E-state index in [-0.39, 0.29) is 9.47 Å². The molecule has 2 heterocycles. The van der Waals surface area contributed by atoms with Crippen LogP contribution in [0.5, 0.6) is 0 Å². The van der Waals surface area contributed by atoms with E-state index in [9.17, 15) is 23.1 Å². The van der Waals surface area contributed by atoms with Gasteiger partial charge in [-0.2, -0.15) is 0 Å². The summed E-state index contributed by atoms with van der Waals surface area (Å²) in [4.78, 5) is 35.2. The van der Waals surface area contributed by atoms with Crippen molar-refractivity contribution in [2.45, 2.75) is 16.6 Å². The van der Waals surface area contributed by atoms with Crippen LogP contribution < -0.4 is 9.67 Å². The number of H-pyrrole nitrogens is 1. The average Bonchev–Trinajstić information content (AvgIpc) is 3.36. The van der Waals surface area contributed by atoms with Crippen molar-refractivity contribution in [3.8, 4) is 0 Å². The predicted octanol–water partition coefficient (Wildman–Crippen LogP) is 2.44. The quantitative estimate of drug-likeness (QED) is 0.255. The van der Waals surface area contributed by atoms with Gasteiger partial charge in [0.25, 0.3) is 0 Å². The summed E-state index contributed by atoms with van der Waals surface area (Å²) in [6.07, 6.45) is 5.58. The van der Waals surface area contributed by atoms with Crippen LogP contribution in [0.15, 0.2) is 90.3 Å². The number of imidazole rings is 1. The number of benzene rings is 2. The molecule has 4 rings (SSSR count). The molecule has 0 aliphatic carbocycles. The van der Waals surface area contributed by atoms with E-state index in [1.165, 1.54) is 24.5 Å². The Morgan fingerprint density at radius 2 is 1.86 bits per heavy atom. The number of nitrogens with zero attached hydrogens (tertiary/aromatic N) is 2. The van der Waals surface area contributed by atoms with E-state index in [0.717, 1.165) is 10.0 Å². The topological polar surface area (TPSA) is 142 Å². The monoisotopic (exact) mass is 552 g/mol. The molecule has 3 N–H and O–H groups in total. The molecule has 11 heteroatoms. The second-order valence-electron chi connectivity index (χ2n) is 7.54. The van der Waals surface area contributed by atoms with Crippen LogP contribution in [0, 0.1) is 0 Å². The molecule has 0 radical (unpaired) electrons. The van der Waals surface area contributed by atoms with Crippen molar-refractivity contribution in [2.24, 2.45) is 0 Å². The van der Waals surface area contributed by atoms with Gasteiger partial charge in [0.2, 0.25) is 0 Å². The molecule has 178 valence electrons. The number of rotatable bonds is 10. The number of carboxylic acid groups (broad SMARTS) is 1. The van der Waals surface area contributed by atoms with Gasteiger partial charge in [-0.3, -0.25) is 0 Å². The van der Waals surface area contributed by atoms with E-state index in [0.29, 0.717) is 17.1 Å². The Bertz CT molecular complexity index is 1430. The molecule has 0 aliphatic rings. The molecule has 2 unspecified atom stereocenters. The van der Waals surface area contributed by atoms with Crippen molar-refractivity contribution < 1.29 is 23.1 Å². The Morgan fingerprint density at radius 1 is 1.06 bits per heavy atom. The Labute approximate surface area is 208 Å². The zero-order chi connectivity index (χ0) is 24.8. The zero-order valence-corrected chi connectivity index (χ0v) is 21.2. The van der Waals surface area contributed by atoms with E-state index in [1.54, 1.807) is 54.9 Å². The number of aliphatic carboxylic acids is 1. The third kappa shape index (κ3) is 6.03. The van der Waals surface area contributed by atoms with Crippen LogP contribution in [0.3, 0.4) is 0 Å². The number of aromatic amines is 1. The number of hydrogen-bond donors (Lipinski definition) is 3. The first-order chi connectivity index (χ1) is 16.8. The first-order valence-electron chi connectivity index (χ1n) is 10.5. The number of carbonyl (C=O) groups excluding carboxylic acids is 1. The molecular formula is C24H21AsN4O5S. The summed E-state index contributed by atoms with van der Waals surface area (Å²) in [7, 11) is -3.99. The molecule has 9 nitrogen and oxygen atoms in total. The second-order valence-corrected chi connectivity index (χ2v) is 12.4. The fraction of sp³-hybridized carbons (Fsp3) is 0.0833. The van der Waals surface area contributed by atoms with Crippen molar-refractivity contribution in [2.75, 3.05) is 5.32 Å². The number of sulfone groups is 1. The molecule has 35 heavy (non-hydrogen) atoms. The number of pyridine rings is 1. The maximum atomic E-state index is 13.2. The minimum atomic E-state index is -3.99. The molecule has 0 aliphatic heterocycles. The first-order valence-corrected chi connectivity index (χ1v) is 14.1. The summed E-state index contributed by atoms with van der Waals surface area (Å²) in [5.41, 5.74) is 1.58. The summed E-state index contributed by atoms with van der Waals surface area (Å²) in [6, 6.07) is 16.3. The van der Waals surface area contributed by atoms with Gasteiger partial charge >= 0.3 is 209 Å². The van der Waals surface area contributed by atoms with E-state index in [2.05, 4.69) is 20.3 Å². The van der Waals surface area contributed by atoms with Gasteiger partial charge in [0, 0.05) is 0 Å². The van der Waals surface area contributed by atoms with Crippen LogP contribution in [0.1, 0.15) is 27.6 Å². The average molecular weight is 552 g/mol. The van der Waals surface area contributed by atoms with Crippen LogP contribution in [0.25, 0.3) is 0 Å². The fourth-order valence-corrected chi connectivity index (χ4v) is 7.02. The summed E-state index contributed by atoms with van der Waals surface area (Å²) < 4.78 is 27.2. The van der Waals surface area contributed by atoms with Crippen molar-refractivity contribution in [3.05, 3.63) is 96.6 Å². The summed E-state index contributed by atoms with van der Waals surface area (Å²) >= 11 is -1.25. The third-order valence-corrected chi connectivity index (χ3v) is 9.62. The molecule has 0 bridgehead atoms. The summed E-state index contributed by atoms with van der Waals surface area (Å²) in [5, 5.41) is 11.1. The van der Waals surface area contributed by atoms with Gasteiger partial charge in [-0.25, -0.2) is 0 Å². The van der Waals surface area contributed by atoms with E-state index in [1.807, 2.05) is 6.07 Å². The number of anilines is 2. The molecule has 2 aromatic carbocycles. The van der Waals surface area contributed by atoms with Gasteiger partial charge in [0.1, 0.15) is 0 Å². The Hall–Kier alpha value is -3.75. The number of hydrogen-bond acceptors (Lipinski definition) is 7. The van der Waals surface area contributed by atoms with Crippen molar-refractivity contribution >= 4 is 52.1 Å². The molecule has 0 fully saturated rings. The molecule has 0 saturated heterocycles. The van der Waals surface area contributed by atoms with Crippen LogP contribution in [-0.4, -0.2) is 54.8 Å². The summed E-state index contributed by atoms with van der Waals surface area (Å²) in [6.45, 7) is 0. The van der Waals surface area contributed by atoms with E-state index >= 15 is 0 Å². The van der Waals surface area contributed by atoms with Crippen molar-refractivity contribution in [1.29, 1.82) is 0 Å². The Kier molecular flexibility index (Phi) is 7.43. The van der Waals surface area contributed by atoms with Crippen molar-refractivity contribution in [1.82, 2.24) is 15.0 Å². The third-order valence-electron chi connectivity index (χ3n) is 5.12.